The smallest absolute Gasteiger partial charge is 0.229 e. The Morgan fingerprint density at radius 3 is 2.90 bits per heavy atom. The summed E-state index contributed by atoms with van der Waals surface area (Å²) in [7, 11) is 1.73. The third-order valence-electron chi connectivity index (χ3n) is 1.67. The van der Waals surface area contributed by atoms with Gasteiger partial charge in [0.05, 0.1) is 0 Å². The van der Waals surface area contributed by atoms with E-state index in [-0.39, 0.29) is 11.8 Å². The van der Waals surface area contributed by atoms with E-state index in [0.29, 0.717) is 6.42 Å². The van der Waals surface area contributed by atoms with Gasteiger partial charge < -0.3 is 10.6 Å². The molecule has 0 aromatic heterocycles. The van der Waals surface area contributed by atoms with Crippen molar-refractivity contribution in [3.63, 3.8) is 0 Å². The number of rotatable bonds is 0. The molecule has 0 aromatic carbocycles. The van der Waals surface area contributed by atoms with Crippen LogP contribution in [-0.2, 0) is 4.79 Å². The van der Waals surface area contributed by atoms with Crippen molar-refractivity contribution in [2.75, 3.05) is 7.05 Å². The fourth-order valence-electron chi connectivity index (χ4n) is 1.15. The summed E-state index contributed by atoms with van der Waals surface area (Å²) in [6.45, 7) is 1.89. The largest absolute Gasteiger partial charge is 0.401 e. The van der Waals surface area contributed by atoms with Crippen molar-refractivity contribution < 1.29 is 4.79 Å². The van der Waals surface area contributed by atoms with E-state index in [4.69, 9.17) is 5.73 Å². The van der Waals surface area contributed by atoms with E-state index in [1.807, 2.05) is 6.92 Å². The molecular weight excluding hydrogens is 128 g/mol. The molecule has 0 fully saturated rings. The molecule has 1 aliphatic heterocycles. The van der Waals surface area contributed by atoms with Crippen molar-refractivity contribution in [2.24, 2.45) is 11.7 Å². The van der Waals surface area contributed by atoms with E-state index in [1.54, 1.807) is 18.1 Å². The van der Waals surface area contributed by atoms with Gasteiger partial charge in [-0.1, -0.05) is 6.92 Å². The summed E-state index contributed by atoms with van der Waals surface area (Å²) in [6, 6.07) is 0. The van der Waals surface area contributed by atoms with Gasteiger partial charge in [0.25, 0.3) is 0 Å². The van der Waals surface area contributed by atoms with Crippen LogP contribution in [0.25, 0.3) is 0 Å². The van der Waals surface area contributed by atoms with E-state index in [2.05, 4.69) is 0 Å². The topological polar surface area (TPSA) is 46.3 Å². The van der Waals surface area contributed by atoms with Gasteiger partial charge in [-0.05, 0) is 6.42 Å². The molecular formula is C7H12N2O. The highest BCUT2D eigenvalue weighted by atomic mass is 16.2. The fraction of sp³-hybridized carbons (Fsp3) is 0.571. The average Bonchev–Trinajstić information content (AvgIpc) is 1.82. The molecule has 0 aliphatic carbocycles. The molecule has 0 saturated carbocycles. The first-order valence-corrected chi connectivity index (χ1v) is 3.34. The highest BCUT2D eigenvalue weighted by molar-refractivity contribution is 5.80. The van der Waals surface area contributed by atoms with Crippen LogP contribution in [0.15, 0.2) is 11.9 Å². The summed E-state index contributed by atoms with van der Waals surface area (Å²) >= 11 is 0. The van der Waals surface area contributed by atoms with Crippen molar-refractivity contribution >= 4 is 5.91 Å². The minimum absolute atomic E-state index is 0.0509. The van der Waals surface area contributed by atoms with Crippen molar-refractivity contribution in [1.82, 2.24) is 4.90 Å². The lowest BCUT2D eigenvalue weighted by Crippen LogP contribution is -2.33. The number of nitrogens with zero attached hydrogens (tertiary/aromatic N) is 1. The van der Waals surface area contributed by atoms with E-state index in [1.165, 1.54) is 0 Å². The number of hydrogen-bond donors (Lipinski definition) is 1. The van der Waals surface area contributed by atoms with Gasteiger partial charge in [0.1, 0.15) is 0 Å². The second-order valence-electron chi connectivity index (χ2n) is 2.76. The molecule has 1 atom stereocenters. The predicted octanol–water partition coefficient (Wildman–Crippen LogP) is 0.285. The van der Waals surface area contributed by atoms with Crippen LogP contribution in [0.5, 0.6) is 0 Å². The zero-order chi connectivity index (χ0) is 7.72. The maximum atomic E-state index is 11.1. The SMILES string of the molecule is CC1CC(N)=CN(C)C1=O. The van der Waals surface area contributed by atoms with Crippen LogP contribution < -0.4 is 5.73 Å². The van der Waals surface area contributed by atoms with Gasteiger partial charge in [0.15, 0.2) is 0 Å². The molecule has 1 unspecified atom stereocenters. The molecule has 1 amide bonds. The third kappa shape index (κ3) is 1.12. The van der Waals surface area contributed by atoms with Gasteiger partial charge in [-0.25, -0.2) is 0 Å². The van der Waals surface area contributed by atoms with Crippen molar-refractivity contribution in [1.29, 1.82) is 0 Å². The molecule has 3 nitrogen and oxygen atoms in total. The lowest BCUT2D eigenvalue weighted by molar-refractivity contribution is -0.132. The van der Waals surface area contributed by atoms with Crippen LogP contribution in [0.2, 0.25) is 0 Å². The first-order chi connectivity index (χ1) is 4.61. The molecule has 1 rings (SSSR count). The summed E-state index contributed by atoms with van der Waals surface area (Å²) in [5, 5.41) is 0. The maximum absolute atomic E-state index is 11.1. The monoisotopic (exact) mass is 140 g/mol. The molecule has 0 saturated heterocycles. The summed E-state index contributed by atoms with van der Waals surface area (Å²) < 4.78 is 0. The number of carbonyl (C=O) groups excluding carboxylic acids is 1. The van der Waals surface area contributed by atoms with Gasteiger partial charge >= 0.3 is 0 Å². The Labute approximate surface area is 60.5 Å². The Balaban J connectivity index is 2.79. The first kappa shape index (κ1) is 7.12. The Hall–Kier alpha value is -0.990. The highest BCUT2D eigenvalue weighted by Gasteiger charge is 2.21. The zero-order valence-corrected chi connectivity index (χ0v) is 6.29. The summed E-state index contributed by atoms with van der Waals surface area (Å²) in [5.41, 5.74) is 6.33. The summed E-state index contributed by atoms with van der Waals surface area (Å²) in [6.07, 6.45) is 2.38. The Morgan fingerprint density at radius 1 is 1.80 bits per heavy atom. The lowest BCUT2D eigenvalue weighted by atomic mass is 10.0. The van der Waals surface area contributed by atoms with Crippen LogP contribution in [0.4, 0.5) is 0 Å². The number of allylic oxidation sites excluding steroid dienone is 1. The number of nitrogens with two attached hydrogens (primary N) is 1. The zero-order valence-electron chi connectivity index (χ0n) is 6.29. The predicted molar refractivity (Wildman–Crippen MR) is 38.8 cm³/mol. The van der Waals surface area contributed by atoms with Crippen LogP contribution in [0.1, 0.15) is 13.3 Å². The van der Waals surface area contributed by atoms with Gasteiger partial charge in [-0.2, -0.15) is 0 Å². The minimum atomic E-state index is 0.0509. The van der Waals surface area contributed by atoms with E-state index in [9.17, 15) is 4.79 Å². The molecule has 1 heterocycles. The molecule has 56 valence electrons. The maximum Gasteiger partial charge on any atom is 0.229 e. The number of hydrogen-bond acceptors (Lipinski definition) is 2. The molecule has 2 N–H and O–H groups in total. The van der Waals surface area contributed by atoms with Crippen LogP contribution in [0, 0.1) is 5.92 Å². The standard InChI is InChI=1S/C7H12N2O/c1-5-3-6(8)4-9(2)7(5)10/h4-5H,3,8H2,1-2H3. The second kappa shape index (κ2) is 2.33. The summed E-state index contributed by atoms with van der Waals surface area (Å²) in [5.74, 6) is 0.198. The van der Waals surface area contributed by atoms with Crippen LogP contribution in [0.3, 0.4) is 0 Å². The second-order valence-corrected chi connectivity index (χ2v) is 2.76. The Morgan fingerprint density at radius 2 is 2.40 bits per heavy atom. The normalized spacial score (nSPS) is 26.6. The van der Waals surface area contributed by atoms with E-state index < -0.39 is 0 Å². The quantitative estimate of drug-likeness (QED) is 0.525. The van der Waals surface area contributed by atoms with Gasteiger partial charge in [0.2, 0.25) is 5.91 Å². The summed E-state index contributed by atoms with van der Waals surface area (Å²) in [4.78, 5) is 12.6. The van der Waals surface area contributed by atoms with E-state index >= 15 is 0 Å². The molecule has 0 spiro atoms. The third-order valence-corrected chi connectivity index (χ3v) is 1.67. The average molecular weight is 140 g/mol. The number of carbonyl (C=O) groups is 1. The van der Waals surface area contributed by atoms with Crippen molar-refractivity contribution in [3.8, 4) is 0 Å². The molecule has 0 radical (unpaired) electrons. The highest BCUT2D eigenvalue weighted by Crippen LogP contribution is 2.15. The fourth-order valence-corrected chi connectivity index (χ4v) is 1.15. The van der Waals surface area contributed by atoms with Crippen LogP contribution in [-0.4, -0.2) is 17.9 Å². The lowest BCUT2D eigenvalue weighted by Gasteiger charge is -2.23. The van der Waals surface area contributed by atoms with Gasteiger partial charge in [-0.3, -0.25) is 4.79 Å². The van der Waals surface area contributed by atoms with Crippen molar-refractivity contribution in [2.45, 2.75) is 13.3 Å². The van der Waals surface area contributed by atoms with Crippen molar-refractivity contribution in [3.05, 3.63) is 11.9 Å². The molecule has 0 bridgehead atoms. The first-order valence-electron chi connectivity index (χ1n) is 3.34. The van der Waals surface area contributed by atoms with Gasteiger partial charge in [-0.15, -0.1) is 0 Å². The molecule has 0 aromatic rings. The number of amides is 1. The molecule has 10 heavy (non-hydrogen) atoms. The Bertz CT molecular complexity index is 186. The molecule has 1 aliphatic rings. The van der Waals surface area contributed by atoms with Crippen LogP contribution >= 0.6 is 0 Å². The van der Waals surface area contributed by atoms with E-state index in [0.717, 1.165) is 5.70 Å². The minimum Gasteiger partial charge on any atom is -0.401 e. The molecule has 3 heteroatoms. The van der Waals surface area contributed by atoms with Gasteiger partial charge in [0, 0.05) is 24.9 Å². The Kier molecular flexibility index (Phi) is 1.66.